The number of nitrogens with zero attached hydrogens (tertiary/aromatic N) is 1. The van der Waals surface area contributed by atoms with Crippen LogP contribution in [0.3, 0.4) is 0 Å². The minimum atomic E-state index is 0.181. The van der Waals surface area contributed by atoms with Crippen LogP contribution in [0.15, 0.2) is 47.2 Å². The van der Waals surface area contributed by atoms with Crippen molar-refractivity contribution in [2.45, 2.75) is 19.8 Å². The molecule has 0 bridgehead atoms. The predicted octanol–water partition coefficient (Wildman–Crippen LogP) is 3.59. The summed E-state index contributed by atoms with van der Waals surface area (Å²) in [4.78, 5) is 0. The summed E-state index contributed by atoms with van der Waals surface area (Å²) in [5.41, 5.74) is 5.42. The number of benzene rings is 1. The summed E-state index contributed by atoms with van der Waals surface area (Å²) in [6.45, 7) is 1.83. The molecule has 0 saturated carbocycles. The first-order chi connectivity index (χ1) is 8.66. The molecule has 3 nitrogen and oxygen atoms in total. The predicted molar refractivity (Wildman–Crippen MR) is 74.9 cm³/mol. The molecule has 2 N–H and O–H groups in total. The summed E-state index contributed by atoms with van der Waals surface area (Å²) in [5.74, 6) is 0.181. The number of aromatic hydroxyl groups is 1. The van der Waals surface area contributed by atoms with Gasteiger partial charge >= 0.3 is 0 Å². The highest BCUT2D eigenvalue weighted by atomic mass is 35.5. The van der Waals surface area contributed by atoms with Crippen LogP contribution in [0.1, 0.15) is 25.3 Å². The number of hydrogen-bond acceptors (Lipinski definition) is 3. The molecule has 0 radical (unpaired) electrons. The number of allylic oxidation sites excluding steroid dienone is 4. The van der Waals surface area contributed by atoms with Gasteiger partial charge in [-0.2, -0.15) is 5.10 Å². The van der Waals surface area contributed by atoms with Crippen molar-refractivity contribution in [3.8, 4) is 5.75 Å². The van der Waals surface area contributed by atoms with Gasteiger partial charge in [0.15, 0.2) is 0 Å². The molecule has 0 heterocycles. The zero-order valence-electron chi connectivity index (χ0n) is 10.2. The van der Waals surface area contributed by atoms with E-state index in [9.17, 15) is 5.11 Å². The van der Waals surface area contributed by atoms with Crippen molar-refractivity contribution in [2.75, 3.05) is 0 Å². The second kappa shape index (κ2) is 5.74. The summed E-state index contributed by atoms with van der Waals surface area (Å²) in [7, 11) is 0. The van der Waals surface area contributed by atoms with Crippen LogP contribution in [0.25, 0.3) is 0 Å². The lowest BCUT2D eigenvalue weighted by molar-refractivity contribution is 0.474. The average molecular weight is 263 g/mol. The zero-order chi connectivity index (χ0) is 13.0. The first-order valence-electron chi connectivity index (χ1n) is 5.81. The molecule has 0 unspecified atom stereocenters. The van der Waals surface area contributed by atoms with Crippen LogP contribution in [0.4, 0.5) is 0 Å². The van der Waals surface area contributed by atoms with E-state index in [4.69, 9.17) is 11.6 Å². The smallest absolute Gasteiger partial charge is 0.124 e. The highest BCUT2D eigenvalue weighted by Crippen LogP contribution is 2.22. The van der Waals surface area contributed by atoms with Gasteiger partial charge in [0.1, 0.15) is 5.75 Å². The van der Waals surface area contributed by atoms with Crippen molar-refractivity contribution in [2.24, 2.45) is 5.10 Å². The van der Waals surface area contributed by atoms with E-state index >= 15 is 0 Å². The van der Waals surface area contributed by atoms with E-state index in [2.05, 4.69) is 16.6 Å². The number of rotatable bonds is 3. The largest absolute Gasteiger partial charge is 0.507 e. The number of hydrazone groups is 1. The van der Waals surface area contributed by atoms with Crippen molar-refractivity contribution < 1.29 is 5.11 Å². The van der Waals surface area contributed by atoms with Crippen LogP contribution in [0.5, 0.6) is 5.75 Å². The van der Waals surface area contributed by atoms with Gasteiger partial charge in [-0.3, -0.25) is 5.43 Å². The topological polar surface area (TPSA) is 44.6 Å². The molecule has 1 aromatic carbocycles. The maximum absolute atomic E-state index is 9.75. The molecular formula is C14H15ClN2O. The van der Waals surface area contributed by atoms with E-state index in [1.807, 2.05) is 19.1 Å². The van der Waals surface area contributed by atoms with Crippen LogP contribution in [0, 0.1) is 0 Å². The lowest BCUT2D eigenvalue weighted by Gasteiger charge is -2.10. The number of halogens is 1. The standard InChI is InChI=1S/C14H15ClN2O/c1-10(13-9-11(15)7-8-14(13)18)16-17-12-5-3-2-4-6-12/h2-3,5,7-9,17-18H,4,6H2,1H3/b16-10+. The van der Waals surface area contributed by atoms with Gasteiger partial charge in [-0.15, -0.1) is 0 Å². The summed E-state index contributed by atoms with van der Waals surface area (Å²) in [6, 6.07) is 4.92. The lowest BCUT2D eigenvalue weighted by atomic mass is 10.1. The van der Waals surface area contributed by atoms with Crippen molar-refractivity contribution in [1.82, 2.24) is 5.43 Å². The second-order valence-corrected chi connectivity index (χ2v) is 4.57. The third-order valence-electron chi connectivity index (χ3n) is 2.73. The minimum Gasteiger partial charge on any atom is -0.507 e. The minimum absolute atomic E-state index is 0.181. The maximum Gasteiger partial charge on any atom is 0.124 e. The Labute approximate surface area is 111 Å². The Morgan fingerprint density at radius 3 is 3.00 bits per heavy atom. The molecule has 1 aliphatic carbocycles. The molecule has 0 aliphatic heterocycles. The Morgan fingerprint density at radius 1 is 1.44 bits per heavy atom. The van der Waals surface area contributed by atoms with Gasteiger partial charge in [0.25, 0.3) is 0 Å². The normalized spacial score (nSPS) is 15.4. The first kappa shape index (κ1) is 12.7. The van der Waals surface area contributed by atoms with Gasteiger partial charge in [0.2, 0.25) is 0 Å². The van der Waals surface area contributed by atoms with Crippen LogP contribution in [-0.4, -0.2) is 10.8 Å². The number of hydrogen-bond donors (Lipinski definition) is 2. The van der Waals surface area contributed by atoms with Gasteiger partial charge in [0.05, 0.1) is 5.71 Å². The van der Waals surface area contributed by atoms with E-state index in [1.165, 1.54) is 0 Å². The van der Waals surface area contributed by atoms with Crippen LogP contribution < -0.4 is 5.43 Å². The second-order valence-electron chi connectivity index (χ2n) is 4.13. The number of phenolic OH excluding ortho intramolecular Hbond substituents is 1. The van der Waals surface area contributed by atoms with E-state index in [1.54, 1.807) is 18.2 Å². The molecule has 1 aliphatic rings. The van der Waals surface area contributed by atoms with Crippen LogP contribution in [0.2, 0.25) is 5.02 Å². The highest BCUT2D eigenvalue weighted by molar-refractivity contribution is 6.31. The van der Waals surface area contributed by atoms with E-state index < -0.39 is 0 Å². The van der Waals surface area contributed by atoms with Crippen molar-refractivity contribution in [3.05, 3.63) is 52.7 Å². The summed E-state index contributed by atoms with van der Waals surface area (Å²) in [5, 5.41) is 14.6. The first-order valence-corrected chi connectivity index (χ1v) is 6.19. The summed E-state index contributed by atoms with van der Waals surface area (Å²) >= 11 is 5.90. The fraction of sp³-hybridized carbons (Fsp3) is 0.214. The Morgan fingerprint density at radius 2 is 2.28 bits per heavy atom. The van der Waals surface area contributed by atoms with Gasteiger partial charge < -0.3 is 5.11 Å². The number of nitrogens with one attached hydrogen (secondary N) is 1. The molecular weight excluding hydrogens is 248 g/mol. The fourth-order valence-corrected chi connectivity index (χ4v) is 1.88. The molecule has 2 rings (SSSR count). The average Bonchev–Trinajstić information content (AvgIpc) is 2.40. The van der Waals surface area contributed by atoms with Crippen molar-refractivity contribution >= 4 is 17.3 Å². The van der Waals surface area contributed by atoms with Crippen molar-refractivity contribution in [1.29, 1.82) is 0 Å². The lowest BCUT2D eigenvalue weighted by Crippen LogP contribution is -2.10. The van der Waals surface area contributed by atoms with Gasteiger partial charge in [0, 0.05) is 16.3 Å². The highest BCUT2D eigenvalue weighted by Gasteiger charge is 2.06. The molecule has 0 fully saturated rings. The SMILES string of the molecule is C/C(=N\NC1=CC=CCC1)c1cc(Cl)ccc1O. The van der Waals surface area contributed by atoms with Crippen LogP contribution >= 0.6 is 11.6 Å². The van der Waals surface area contributed by atoms with E-state index in [0.29, 0.717) is 16.3 Å². The summed E-state index contributed by atoms with van der Waals surface area (Å²) in [6.07, 6.45) is 8.10. The molecule has 0 atom stereocenters. The van der Waals surface area contributed by atoms with Crippen LogP contribution in [-0.2, 0) is 0 Å². The molecule has 0 saturated heterocycles. The molecule has 0 aromatic heterocycles. The Balaban J connectivity index is 2.15. The zero-order valence-corrected chi connectivity index (χ0v) is 10.9. The van der Waals surface area contributed by atoms with E-state index in [-0.39, 0.29) is 5.75 Å². The third kappa shape index (κ3) is 3.14. The molecule has 94 valence electrons. The van der Waals surface area contributed by atoms with Gasteiger partial charge in [-0.1, -0.05) is 23.8 Å². The summed E-state index contributed by atoms with van der Waals surface area (Å²) < 4.78 is 0. The molecule has 4 heteroatoms. The van der Waals surface area contributed by atoms with Gasteiger partial charge in [-0.25, -0.2) is 0 Å². The maximum atomic E-state index is 9.75. The monoisotopic (exact) mass is 262 g/mol. The Bertz CT molecular complexity index is 533. The van der Waals surface area contributed by atoms with E-state index in [0.717, 1.165) is 18.5 Å². The molecule has 0 amide bonds. The number of phenols is 1. The quantitative estimate of drug-likeness (QED) is 0.646. The molecule has 1 aromatic rings. The Kier molecular flexibility index (Phi) is 4.05. The van der Waals surface area contributed by atoms with Crippen molar-refractivity contribution in [3.63, 3.8) is 0 Å². The molecule has 0 spiro atoms. The third-order valence-corrected chi connectivity index (χ3v) is 2.96. The van der Waals surface area contributed by atoms with Gasteiger partial charge in [-0.05, 0) is 44.0 Å². The fourth-order valence-electron chi connectivity index (χ4n) is 1.71. The molecule has 18 heavy (non-hydrogen) atoms. The Hall–Kier alpha value is -1.74.